The smallest absolute Gasteiger partial charge is 0.416 e. The van der Waals surface area contributed by atoms with Gasteiger partial charge in [-0.1, -0.05) is 24.3 Å². The largest absolute Gasteiger partial charge is 0.494 e. The van der Waals surface area contributed by atoms with Crippen LogP contribution in [0.15, 0.2) is 59.8 Å². The van der Waals surface area contributed by atoms with E-state index in [1.165, 1.54) is 12.1 Å². The summed E-state index contributed by atoms with van der Waals surface area (Å²) in [6.45, 7) is 2.06. The minimum absolute atomic E-state index is 0.0529. The lowest BCUT2D eigenvalue weighted by Crippen LogP contribution is -2.37. The van der Waals surface area contributed by atoms with Gasteiger partial charge in [0.2, 0.25) is 5.91 Å². The summed E-state index contributed by atoms with van der Waals surface area (Å²) >= 11 is 0. The average molecular weight is 417 g/mol. The first-order chi connectivity index (χ1) is 14.3. The van der Waals surface area contributed by atoms with Crippen LogP contribution in [0.5, 0.6) is 5.75 Å². The molecule has 0 bridgehead atoms. The SMILES string of the molecule is CCOc1ccccc1[C@H]1CC(=O)N(c2cccc(C(F)(F)F)c2)C2=C1C(=O)OC2. The van der Waals surface area contributed by atoms with E-state index in [-0.39, 0.29) is 30.0 Å². The Balaban J connectivity index is 1.82. The number of amides is 1. The summed E-state index contributed by atoms with van der Waals surface area (Å²) in [7, 11) is 0. The van der Waals surface area contributed by atoms with Gasteiger partial charge in [0.15, 0.2) is 0 Å². The molecule has 2 aromatic rings. The fraction of sp³-hybridized carbons (Fsp3) is 0.273. The Morgan fingerprint density at radius 1 is 1.13 bits per heavy atom. The number of hydrogen-bond donors (Lipinski definition) is 0. The molecule has 8 heteroatoms. The standard InChI is InChI=1S/C22H18F3NO4/c1-2-29-18-9-4-3-8-15(18)16-11-19(27)26(17-12-30-21(28)20(16)17)14-7-5-6-13(10-14)22(23,24)25/h3-10,16H,2,11-12H2,1H3/t16-/m1/s1. The van der Waals surface area contributed by atoms with Gasteiger partial charge in [0, 0.05) is 23.6 Å². The third kappa shape index (κ3) is 3.42. The zero-order valence-corrected chi connectivity index (χ0v) is 16.0. The Bertz CT molecular complexity index is 1040. The van der Waals surface area contributed by atoms with Crippen LogP contribution >= 0.6 is 0 Å². The van der Waals surface area contributed by atoms with Gasteiger partial charge in [-0.25, -0.2) is 4.79 Å². The maximum absolute atomic E-state index is 13.2. The summed E-state index contributed by atoms with van der Waals surface area (Å²) in [5.74, 6) is -1.03. The van der Waals surface area contributed by atoms with Crippen molar-refractivity contribution in [3.63, 3.8) is 0 Å². The molecule has 156 valence electrons. The third-order valence-corrected chi connectivity index (χ3v) is 5.14. The number of carbonyl (C=O) groups is 2. The minimum Gasteiger partial charge on any atom is -0.494 e. The molecule has 0 saturated carbocycles. The van der Waals surface area contributed by atoms with E-state index in [1.807, 2.05) is 6.92 Å². The number of alkyl halides is 3. The van der Waals surface area contributed by atoms with E-state index in [2.05, 4.69) is 0 Å². The summed E-state index contributed by atoms with van der Waals surface area (Å²) in [5, 5.41) is 0. The molecular formula is C22H18F3NO4. The summed E-state index contributed by atoms with van der Waals surface area (Å²) in [4.78, 5) is 26.8. The molecule has 5 nitrogen and oxygen atoms in total. The molecule has 0 unspecified atom stereocenters. The second kappa shape index (κ2) is 7.51. The minimum atomic E-state index is -4.55. The molecule has 0 saturated heterocycles. The van der Waals surface area contributed by atoms with Gasteiger partial charge in [-0.3, -0.25) is 9.69 Å². The molecule has 2 aliphatic heterocycles. The molecule has 4 rings (SSSR count). The Kier molecular flexibility index (Phi) is 5.01. The lowest BCUT2D eigenvalue weighted by Gasteiger charge is -2.32. The maximum Gasteiger partial charge on any atom is 0.416 e. The molecule has 0 spiro atoms. The number of rotatable bonds is 4. The van der Waals surface area contributed by atoms with Crippen LogP contribution in [0.25, 0.3) is 0 Å². The lowest BCUT2D eigenvalue weighted by atomic mass is 9.83. The molecular weight excluding hydrogens is 399 g/mol. The van der Waals surface area contributed by atoms with Crippen LogP contribution in [0.1, 0.15) is 30.4 Å². The van der Waals surface area contributed by atoms with Crippen LogP contribution in [0.4, 0.5) is 18.9 Å². The highest BCUT2D eigenvalue weighted by Crippen LogP contribution is 2.44. The van der Waals surface area contributed by atoms with Gasteiger partial charge < -0.3 is 9.47 Å². The van der Waals surface area contributed by atoms with E-state index in [0.717, 1.165) is 17.0 Å². The first kappa shape index (κ1) is 20.0. The molecule has 0 fully saturated rings. The van der Waals surface area contributed by atoms with E-state index in [0.29, 0.717) is 17.9 Å². The Hall–Kier alpha value is -3.29. The first-order valence-corrected chi connectivity index (χ1v) is 9.43. The highest BCUT2D eigenvalue weighted by molar-refractivity contribution is 6.06. The predicted octanol–water partition coefficient (Wildman–Crippen LogP) is 4.44. The molecule has 0 aliphatic carbocycles. The predicted molar refractivity (Wildman–Crippen MR) is 102 cm³/mol. The van der Waals surface area contributed by atoms with E-state index in [4.69, 9.17) is 9.47 Å². The average Bonchev–Trinajstić information content (AvgIpc) is 3.09. The fourth-order valence-corrected chi connectivity index (χ4v) is 3.90. The number of halogens is 3. The molecule has 1 atom stereocenters. The maximum atomic E-state index is 13.2. The van der Waals surface area contributed by atoms with E-state index in [9.17, 15) is 22.8 Å². The van der Waals surface area contributed by atoms with Crippen molar-refractivity contribution < 1.29 is 32.2 Å². The monoisotopic (exact) mass is 417 g/mol. The molecule has 1 amide bonds. The first-order valence-electron chi connectivity index (χ1n) is 9.43. The van der Waals surface area contributed by atoms with Crippen molar-refractivity contribution >= 4 is 17.6 Å². The number of hydrogen-bond acceptors (Lipinski definition) is 4. The van der Waals surface area contributed by atoms with Crippen LogP contribution in [-0.4, -0.2) is 25.1 Å². The van der Waals surface area contributed by atoms with Crippen molar-refractivity contribution in [3.05, 3.63) is 70.9 Å². The Morgan fingerprint density at radius 3 is 2.63 bits per heavy atom. The molecule has 2 aromatic carbocycles. The van der Waals surface area contributed by atoms with Crippen molar-refractivity contribution in [1.29, 1.82) is 0 Å². The number of nitrogens with zero attached hydrogens (tertiary/aromatic N) is 1. The number of ether oxygens (including phenoxy) is 2. The van der Waals surface area contributed by atoms with Crippen LogP contribution in [0, 0.1) is 0 Å². The second-order valence-corrected chi connectivity index (χ2v) is 6.94. The molecule has 0 N–H and O–H groups in total. The zero-order valence-electron chi connectivity index (χ0n) is 16.0. The van der Waals surface area contributed by atoms with Gasteiger partial charge in [-0.2, -0.15) is 13.2 Å². The van der Waals surface area contributed by atoms with E-state index >= 15 is 0 Å². The molecule has 2 aliphatic rings. The normalized spacial score (nSPS) is 19.1. The van der Waals surface area contributed by atoms with Crippen LogP contribution in [0.2, 0.25) is 0 Å². The van der Waals surface area contributed by atoms with Crippen LogP contribution in [0.3, 0.4) is 0 Å². The third-order valence-electron chi connectivity index (χ3n) is 5.14. The number of esters is 1. The van der Waals surface area contributed by atoms with Crippen molar-refractivity contribution in [2.24, 2.45) is 0 Å². The number of para-hydroxylation sites is 1. The van der Waals surface area contributed by atoms with Gasteiger partial charge >= 0.3 is 12.1 Å². The van der Waals surface area contributed by atoms with Crippen molar-refractivity contribution in [1.82, 2.24) is 0 Å². The van der Waals surface area contributed by atoms with Crippen LogP contribution < -0.4 is 9.64 Å². The van der Waals surface area contributed by atoms with Crippen LogP contribution in [-0.2, 0) is 20.5 Å². The van der Waals surface area contributed by atoms with E-state index < -0.39 is 29.5 Å². The van der Waals surface area contributed by atoms with Crippen molar-refractivity contribution in [2.45, 2.75) is 25.4 Å². The summed E-state index contributed by atoms with van der Waals surface area (Å²) < 4.78 is 50.3. The number of benzene rings is 2. The van der Waals surface area contributed by atoms with Crippen molar-refractivity contribution in [2.75, 3.05) is 18.1 Å². The second-order valence-electron chi connectivity index (χ2n) is 6.94. The van der Waals surface area contributed by atoms with Gasteiger partial charge in [0.25, 0.3) is 0 Å². The quantitative estimate of drug-likeness (QED) is 0.691. The number of anilines is 1. The van der Waals surface area contributed by atoms with Gasteiger partial charge in [-0.15, -0.1) is 0 Å². The Morgan fingerprint density at radius 2 is 1.90 bits per heavy atom. The lowest BCUT2D eigenvalue weighted by molar-refractivity contribution is -0.138. The van der Waals surface area contributed by atoms with E-state index in [1.54, 1.807) is 24.3 Å². The van der Waals surface area contributed by atoms with Gasteiger partial charge in [0.05, 0.1) is 23.4 Å². The summed E-state index contributed by atoms with van der Waals surface area (Å²) in [5.41, 5.74) is 0.398. The van der Waals surface area contributed by atoms with Gasteiger partial charge in [-0.05, 0) is 31.2 Å². The topological polar surface area (TPSA) is 55.8 Å². The molecule has 0 radical (unpaired) electrons. The highest BCUT2D eigenvalue weighted by Gasteiger charge is 2.44. The molecule has 0 aromatic heterocycles. The molecule has 2 heterocycles. The zero-order chi connectivity index (χ0) is 21.5. The summed E-state index contributed by atoms with van der Waals surface area (Å²) in [6.07, 6.45) is -4.64. The fourth-order valence-electron chi connectivity index (χ4n) is 3.90. The number of carbonyl (C=O) groups excluding carboxylic acids is 2. The number of cyclic esters (lactones) is 1. The summed E-state index contributed by atoms with van der Waals surface area (Å²) in [6, 6.07) is 11.6. The van der Waals surface area contributed by atoms with Crippen molar-refractivity contribution in [3.8, 4) is 5.75 Å². The Labute approximate surface area is 170 Å². The van der Waals surface area contributed by atoms with Gasteiger partial charge in [0.1, 0.15) is 12.4 Å². The molecule has 30 heavy (non-hydrogen) atoms. The highest BCUT2D eigenvalue weighted by atomic mass is 19.4.